The highest BCUT2D eigenvalue weighted by Crippen LogP contribution is 2.32. The van der Waals surface area contributed by atoms with Gasteiger partial charge in [0.2, 0.25) is 0 Å². The molecule has 0 heterocycles. The SMILES string of the molecule is CCCNCc1c(Cl)cccc1Oc1ccc(Br)c(C)c1. The molecule has 0 saturated heterocycles. The minimum absolute atomic E-state index is 0.707. The van der Waals surface area contributed by atoms with Crippen LogP contribution < -0.4 is 10.1 Å². The van der Waals surface area contributed by atoms with Gasteiger partial charge in [0.1, 0.15) is 11.5 Å². The van der Waals surface area contributed by atoms with E-state index in [1.807, 2.05) is 43.3 Å². The van der Waals surface area contributed by atoms with Gasteiger partial charge in [0, 0.05) is 21.6 Å². The molecule has 0 saturated carbocycles. The molecule has 4 heteroatoms. The van der Waals surface area contributed by atoms with Crippen LogP contribution in [0.2, 0.25) is 5.02 Å². The maximum Gasteiger partial charge on any atom is 0.133 e. The lowest BCUT2D eigenvalue weighted by Crippen LogP contribution is -2.14. The fourth-order valence-corrected chi connectivity index (χ4v) is 2.48. The number of hydrogen-bond donors (Lipinski definition) is 1. The molecule has 0 fully saturated rings. The molecule has 0 amide bonds. The van der Waals surface area contributed by atoms with E-state index >= 15 is 0 Å². The number of rotatable bonds is 6. The molecular formula is C17H19BrClNO. The van der Waals surface area contributed by atoms with Gasteiger partial charge in [0.15, 0.2) is 0 Å². The Balaban J connectivity index is 2.22. The second kappa shape index (κ2) is 7.83. The molecule has 2 aromatic carbocycles. The highest BCUT2D eigenvalue weighted by molar-refractivity contribution is 9.10. The van der Waals surface area contributed by atoms with Crippen LogP contribution in [0.15, 0.2) is 40.9 Å². The Bertz CT molecular complexity index is 616. The van der Waals surface area contributed by atoms with Gasteiger partial charge in [-0.1, -0.05) is 40.5 Å². The lowest BCUT2D eigenvalue weighted by Gasteiger charge is -2.14. The predicted molar refractivity (Wildman–Crippen MR) is 92.4 cm³/mol. The van der Waals surface area contributed by atoms with E-state index in [1.54, 1.807) is 0 Å². The average molecular weight is 369 g/mol. The van der Waals surface area contributed by atoms with Crippen LogP contribution in [0.3, 0.4) is 0 Å². The fourth-order valence-electron chi connectivity index (χ4n) is 2.00. The Morgan fingerprint density at radius 1 is 1.24 bits per heavy atom. The molecule has 0 aromatic heterocycles. The first-order valence-electron chi connectivity index (χ1n) is 7.04. The summed E-state index contributed by atoms with van der Waals surface area (Å²) < 4.78 is 7.09. The van der Waals surface area contributed by atoms with Crippen LogP contribution in [-0.2, 0) is 6.54 Å². The molecule has 112 valence electrons. The van der Waals surface area contributed by atoms with E-state index in [4.69, 9.17) is 16.3 Å². The molecule has 0 spiro atoms. The molecule has 1 N–H and O–H groups in total. The van der Waals surface area contributed by atoms with Crippen molar-refractivity contribution in [3.05, 3.63) is 57.0 Å². The van der Waals surface area contributed by atoms with E-state index in [9.17, 15) is 0 Å². The summed E-state index contributed by atoms with van der Waals surface area (Å²) in [6.07, 6.45) is 1.09. The van der Waals surface area contributed by atoms with E-state index in [-0.39, 0.29) is 0 Å². The van der Waals surface area contributed by atoms with Gasteiger partial charge in [-0.05, 0) is 55.8 Å². The van der Waals surface area contributed by atoms with Gasteiger partial charge in [-0.25, -0.2) is 0 Å². The minimum atomic E-state index is 0.707. The molecule has 0 bridgehead atoms. The summed E-state index contributed by atoms with van der Waals surface area (Å²) >= 11 is 9.80. The summed E-state index contributed by atoms with van der Waals surface area (Å²) in [6, 6.07) is 11.7. The van der Waals surface area contributed by atoms with Crippen LogP contribution in [-0.4, -0.2) is 6.54 Å². The molecule has 21 heavy (non-hydrogen) atoms. The molecule has 0 aliphatic heterocycles. The van der Waals surface area contributed by atoms with Crippen molar-refractivity contribution in [3.63, 3.8) is 0 Å². The molecule has 0 aliphatic carbocycles. The zero-order valence-electron chi connectivity index (χ0n) is 12.2. The smallest absolute Gasteiger partial charge is 0.133 e. The summed E-state index contributed by atoms with van der Waals surface area (Å²) in [5.74, 6) is 1.61. The van der Waals surface area contributed by atoms with Crippen molar-refractivity contribution >= 4 is 27.5 Å². The largest absolute Gasteiger partial charge is 0.457 e. The molecule has 0 aliphatic rings. The third kappa shape index (κ3) is 4.47. The lowest BCUT2D eigenvalue weighted by molar-refractivity contribution is 0.472. The van der Waals surface area contributed by atoms with Gasteiger partial charge in [-0.2, -0.15) is 0 Å². The highest BCUT2D eigenvalue weighted by atomic mass is 79.9. The molecule has 0 radical (unpaired) electrons. The fraction of sp³-hybridized carbons (Fsp3) is 0.294. The quantitative estimate of drug-likeness (QED) is 0.660. The number of ether oxygens (including phenoxy) is 1. The molecule has 0 atom stereocenters. The number of nitrogens with one attached hydrogen (secondary N) is 1. The zero-order valence-corrected chi connectivity index (χ0v) is 14.6. The van der Waals surface area contributed by atoms with E-state index in [0.717, 1.165) is 45.1 Å². The van der Waals surface area contributed by atoms with Crippen LogP contribution in [0.5, 0.6) is 11.5 Å². The number of halogens is 2. The van der Waals surface area contributed by atoms with Crippen molar-refractivity contribution in [1.29, 1.82) is 0 Å². The monoisotopic (exact) mass is 367 g/mol. The normalized spacial score (nSPS) is 10.7. The zero-order chi connectivity index (χ0) is 15.2. The first-order valence-corrected chi connectivity index (χ1v) is 8.21. The molecular weight excluding hydrogens is 350 g/mol. The van der Waals surface area contributed by atoms with E-state index in [0.29, 0.717) is 6.54 Å². The summed E-state index contributed by atoms with van der Waals surface area (Å²) in [6.45, 7) is 5.85. The summed E-state index contributed by atoms with van der Waals surface area (Å²) in [5, 5.41) is 4.09. The number of hydrogen-bond acceptors (Lipinski definition) is 2. The predicted octanol–water partition coefficient (Wildman–Crippen LogP) is 5.70. The van der Waals surface area contributed by atoms with Crippen LogP contribution >= 0.6 is 27.5 Å². The molecule has 0 unspecified atom stereocenters. The highest BCUT2D eigenvalue weighted by Gasteiger charge is 2.09. The minimum Gasteiger partial charge on any atom is -0.457 e. The third-order valence-corrected chi connectivity index (χ3v) is 4.41. The van der Waals surface area contributed by atoms with Gasteiger partial charge in [-0.3, -0.25) is 0 Å². The van der Waals surface area contributed by atoms with Gasteiger partial charge in [-0.15, -0.1) is 0 Å². The molecule has 2 rings (SSSR count). The molecule has 2 aromatic rings. The van der Waals surface area contributed by atoms with Gasteiger partial charge < -0.3 is 10.1 Å². The Labute approximate surface area is 139 Å². The number of aryl methyl sites for hydroxylation is 1. The molecule has 2 nitrogen and oxygen atoms in total. The van der Waals surface area contributed by atoms with Crippen LogP contribution in [0, 0.1) is 6.92 Å². The summed E-state index contributed by atoms with van der Waals surface area (Å²) in [7, 11) is 0. The first kappa shape index (κ1) is 16.3. The Kier molecular flexibility index (Phi) is 6.09. The maximum atomic E-state index is 6.30. The van der Waals surface area contributed by atoms with Crippen LogP contribution in [0.1, 0.15) is 24.5 Å². The Morgan fingerprint density at radius 3 is 2.76 bits per heavy atom. The van der Waals surface area contributed by atoms with Gasteiger partial charge >= 0.3 is 0 Å². The third-order valence-electron chi connectivity index (χ3n) is 3.16. The summed E-state index contributed by atoms with van der Waals surface area (Å²) in [4.78, 5) is 0. The van der Waals surface area contributed by atoms with E-state index in [2.05, 4.69) is 28.2 Å². The second-order valence-corrected chi connectivity index (χ2v) is 6.17. The standard InChI is InChI=1S/C17H19BrClNO/c1-3-9-20-11-14-16(19)5-4-6-17(14)21-13-7-8-15(18)12(2)10-13/h4-8,10,20H,3,9,11H2,1-2H3. The van der Waals surface area contributed by atoms with Crippen molar-refractivity contribution in [2.24, 2.45) is 0 Å². The van der Waals surface area contributed by atoms with Crippen molar-refractivity contribution in [3.8, 4) is 11.5 Å². The lowest BCUT2D eigenvalue weighted by atomic mass is 10.2. The number of benzene rings is 2. The Morgan fingerprint density at radius 2 is 2.05 bits per heavy atom. The van der Waals surface area contributed by atoms with Crippen LogP contribution in [0.4, 0.5) is 0 Å². The van der Waals surface area contributed by atoms with E-state index in [1.165, 1.54) is 0 Å². The second-order valence-electron chi connectivity index (χ2n) is 4.91. The van der Waals surface area contributed by atoms with Crippen molar-refractivity contribution in [1.82, 2.24) is 5.32 Å². The van der Waals surface area contributed by atoms with Crippen LogP contribution in [0.25, 0.3) is 0 Å². The van der Waals surface area contributed by atoms with Crippen molar-refractivity contribution < 1.29 is 4.74 Å². The summed E-state index contributed by atoms with van der Waals surface area (Å²) in [5.41, 5.74) is 2.13. The van der Waals surface area contributed by atoms with Crippen molar-refractivity contribution in [2.45, 2.75) is 26.8 Å². The van der Waals surface area contributed by atoms with E-state index < -0.39 is 0 Å². The Hall–Kier alpha value is -1.03. The van der Waals surface area contributed by atoms with Crippen molar-refractivity contribution in [2.75, 3.05) is 6.54 Å². The van der Waals surface area contributed by atoms with Gasteiger partial charge in [0.25, 0.3) is 0 Å². The maximum absolute atomic E-state index is 6.30. The van der Waals surface area contributed by atoms with Gasteiger partial charge in [0.05, 0.1) is 0 Å². The average Bonchev–Trinajstić information content (AvgIpc) is 2.46. The first-order chi connectivity index (χ1) is 10.1. The topological polar surface area (TPSA) is 21.3 Å².